The molecule has 0 radical (unpaired) electrons. The molecular weight excluding hydrogens is 264 g/mol. The van der Waals surface area contributed by atoms with Crippen molar-refractivity contribution in [2.75, 3.05) is 18.5 Å². The van der Waals surface area contributed by atoms with Crippen LogP contribution in [0.2, 0.25) is 0 Å². The normalized spacial score (nSPS) is 14.1. The molecule has 1 aromatic heterocycles. The van der Waals surface area contributed by atoms with Gasteiger partial charge in [-0.25, -0.2) is 0 Å². The summed E-state index contributed by atoms with van der Waals surface area (Å²) in [5, 5.41) is 23.5. The number of aromatic nitrogens is 1. The average Bonchev–Trinajstić information content (AvgIpc) is 2.47. The Morgan fingerprint density at radius 2 is 2.00 bits per heavy atom. The number of aliphatic hydroxyl groups excluding tert-OH is 1. The molecule has 114 valence electrons. The minimum absolute atomic E-state index is 0.104. The van der Waals surface area contributed by atoms with Gasteiger partial charge in [0.05, 0.1) is 11.1 Å². The fraction of sp³-hybridized carbons (Fsp3) is 0.471. The molecule has 0 aliphatic rings. The fourth-order valence-electron chi connectivity index (χ4n) is 2.45. The molecule has 4 nitrogen and oxygen atoms in total. The third-order valence-corrected chi connectivity index (χ3v) is 3.97. The molecule has 21 heavy (non-hydrogen) atoms. The summed E-state index contributed by atoms with van der Waals surface area (Å²) in [5.41, 5.74) is 3.55. The zero-order valence-corrected chi connectivity index (χ0v) is 13.0. The molecule has 1 heterocycles. The minimum Gasteiger partial charge on any atom is -0.396 e. The number of pyridine rings is 1. The fourth-order valence-corrected chi connectivity index (χ4v) is 2.45. The first-order valence-corrected chi connectivity index (χ1v) is 7.36. The molecule has 1 unspecified atom stereocenters. The van der Waals surface area contributed by atoms with Crippen molar-refractivity contribution in [1.29, 1.82) is 0 Å². The van der Waals surface area contributed by atoms with Crippen molar-refractivity contribution in [2.45, 2.75) is 39.2 Å². The van der Waals surface area contributed by atoms with Gasteiger partial charge in [0, 0.05) is 30.4 Å². The third kappa shape index (κ3) is 3.71. The van der Waals surface area contributed by atoms with Gasteiger partial charge in [0.1, 0.15) is 0 Å². The van der Waals surface area contributed by atoms with Gasteiger partial charge in [0.25, 0.3) is 0 Å². The van der Waals surface area contributed by atoms with E-state index in [-0.39, 0.29) is 6.61 Å². The Morgan fingerprint density at radius 1 is 1.24 bits per heavy atom. The van der Waals surface area contributed by atoms with E-state index < -0.39 is 5.60 Å². The summed E-state index contributed by atoms with van der Waals surface area (Å²) in [6.07, 6.45) is 2.96. The third-order valence-electron chi connectivity index (χ3n) is 3.97. The highest BCUT2D eigenvalue weighted by Gasteiger charge is 2.19. The molecule has 0 saturated carbocycles. The van der Waals surface area contributed by atoms with Gasteiger partial charge in [0.2, 0.25) is 0 Å². The van der Waals surface area contributed by atoms with Crippen LogP contribution >= 0.6 is 0 Å². The molecule has 4 heteroatoms. The van der Waals surface area contributed by atoms with Crippen molar-refractivity contribution in [2.24, 2.45) is 0 Å². The van der Waals surface area contributed by atoms with Gasteiger partial charge in [-0.1, -0.05) is 12.1 Å². The SMILES string of the molecule is Cc1ccc2c(NCC(C)(O)CCCO)ccnc2c1C. The van der Waals surface area contributed by atoms with Gasteiger partial charge in [-0.05, 0) is 50.8 Å². The second-order valence-electron chi connectivity index (χ2n) is 5.94. The molecule has 0 amide bonds. The van der Waals surface area contributed by atoms with Crippen LogP contribution in [0.15, 0.2) is 24.4 Å². The number of hydrogen-bond acceptors (Lipinski definition) is 4. The lowest BCUT2D eigenvalue weighted by Crippen LogP contribution is -2.33. The largest absolute Gasteiger partial charge is 0.396 e. The van der Waals surface area contributed by atoms with Crippen molar-refractivity contribution in [3.63, 3.8) is 0 Å². The summed E-state index contributed by atoms with van der Waals surface area (Å²) in [6.45, 7) is 6.49. The van der Waals surface area contributed by atoms with Crippen molar-refractivity contribution in [3.05, 3.63) is 35.5 Å². The van der Waals surface area contributed by atoms with E-state index in [9.17, 15) is 5.11 Å². The summed E-state index contributed by atoms with van der Waals surface area (Å²) in [4.78, 5) is 4.46. The zero-order valence-electron chi connectivity index (χ0n) is 13.0. The number of nitrogens with zero attached hydrogens (tertiary/aromatic N) is 1. The molecule has 0 bridgehead atoms. The monoisotopic (exact) mass is 288 g/mol. The molecule has 3 N–H and O–H groups in total. The first-order chi connectivity index (χ1) is 9.94. The van der Waals surface area contributed by atoms with Gasteiger partial charge in [-0.3, -0.25) is 4.98 Å². The van der Waals surface area contributed by atoms with Crippen LogP contribution in [0.3, 0.4) is 0 Å². The Bertz CT molecular complexity index is 623. The number of rotatable bonds is 6. The molecule has 0 saturated heterocycles. The van der Waals surface area contributed by atoms with Crippen molar-refractivity contribution in [3.8, 4) is 0 Å². The van der Waals surface area contributed by atoms with E-state index in [1.165, 1.54) is 11.1 Å². The minimum atomic E-state index is -0.835. The first kappa shape index (κ1) is 15.7. The number of nitrogens with one attached hydrogen (secondary N) is 1. The van der Waals surface area contributed by atoms with E-state index in [0.717, 1.165) is 16.6 Å². The van der Waals surface area contributed by atoms with Crippen LogP contribution in [-0.4, -0.2) is 33.9 Å². The highest BCUT2D eigenvalue weighted by molar-refractivity contribution is 5.93. The van der Waals surface area contributed by atoms with Gasteiger partial charge in [0.15, 0.2) is 0 Å². The van der Waals surface area contributed by atoms with Crippen molar-refractivity contribution < 1.29 is 10.2 Å². The summed E-state index contributed by atoms with van der Waals surface area (Å²) in [5.74, 6) is 0. The second kappa shape index (κ2) is 6.41. The van der Waals surface area contributed by atoms with Gasteiger partial charge >= 0.3 is 0 Å². The molecule has 0 aliphatic heterocycles. The van der Waals surface area contributed by atoms with Crippen LogP contribution in [0, 0.1) is 13.8 Å². The van der Waals surface area contributed by atoms with Crippen LogP contribution in [0.1, 0.15) is 30.9 Å². The number of hydrogen-bond donors (Lipinski definition) is 3. The smallest absolute Gasteiger partial charge is 0.0792 e. The zero-order chi connectivity index (χ0) is 15.5. The topological polar surface area (TPSA) is 65.4 Å². The van der Waals surface area contributed by atoms with Crippen LogP contribution in [0.25, 0.3) is 10.9 Å². The number of aliphatic hydroxyl groups is 2. The predicted molar refractivity (Wildman–Crippen MR) is 86.7 cm³/mol. The Morgan fingerprint density at radius 3 is 2.71 bits per heavy atom. The molecule has 1 atom stereocenters. The molecule has 0 fully saturated rings. The maximum absolute atomic E-state index is 10.3. The summed E-state index contributed by atoms with van der Waals surface area (Å²) >= 11 is 0. The van der Waals surface area contributed by atoms with Crippen molar-refractivity contribution in [1.82, 2.24) is 4.98 Å². The summed E-state index contributed by atoms with van der Waals surface area (Å²) < 4.78 is 0. The standard InChI is InChI=1S/C17H24N2O2/c1-12-5-6-14-15(7-9-18-16(14)13(12)2)19-11-17(3,21)8-4-10-20/h5-7,9,20-21H,4,8,10-11H2,1-3H3,(H,18,19). The van der Waals surface area contributed by atoms with E-state index in [1.54, 1.807) is 13.1 Å². The Labute approximate surface area is 125 Å². The maximum atomic E-state index is 10.3. The van der Waals surface area contributed by atoms with Crippen LogP contribution < -0.4 is 5.32 Å². The van der Waals surface area contributed by atoms with Gasteiger partial charge < -0.3 is 15.5 Å². The quantitative estimate of drug-likeness (QED) is 0.764. The molecule has 0 aliphatic carbocycles. The maximum Gasteiger partial charge on any atom is 0.0792 e. The molecular formula is C17H24N2O2. The Kier molecular flexibility index (Phi) is 4.80. The van der Waals surface area contributed by atoms with E-state index in [0.29, 0.717) is 19.4 Å². The number of aryl methyl sites for hydroxylation is 2. The van der Waals surface area contributed by atoms with Crippen LogP contribution in [0.5, 0.6) is 0 Å². The molecule has 2 aromatic rings. The summed E-state index contributed by atoms with van der Waals surface area (Å²) in [6, 6.07) is 6.09. The Balaban J connectivity index is 2.21. The molecule has 1 aromatic carbocycles. The van der Waals surface area contributed by atoms with Crippen LogP contribution in [-0.2, 0) is 0 Å². The predicted octanol–water partition coefficient (Wildman–Crippen LogP) is 2.79. The number of fused-ring (bicyclic) bond motifs is 1. The average molecular weight is 288 g/mol. The lowest BCUT2D eigenvalue weighted by molar-refractivity contribution is 0.0566. The van der Waals surface area contributed by atoms with Gasteiger partial charge in [-0.2, -0.15) is 0 Å². The highest BCUT2D eigenvalue weighted by atomic mass is 16.3. The lowest BCUT2D eigenvalue weighted by atomic mass is 10.00. The number of benzene rings is 1. The van der Waals surface area contributed by atoms with E-state index >= 15 is 0 Å². The van der Waals surface area contributed by atoms with E-state index in [2.05, 4.69) is 36.3 Å². The molecule has 0 spiro atoms. The lowest BCUT2D eigenvalue weighted by Gasteiger charge is -2.24. The first-order valence-electron chi connectivity index (χ1n) is 7.36. The summed E-state index contributed by atoms with van der Waals surface area (Å²) in [7, 11) is 0. The highest BCUT2D eigenvalue weighted by Crippen LogP contribution is 2.26. The van der Waals surface area contributed by atoms with Crippen molar-refractivity contribution >= 4 is 16.6 Å². The van der Waals surface area contributed by atoms with E-state index in [1.807, 2.05) is 6.07 Å². The second-order valence-corrected chi connectivity index (χ2v) is 5.94. The Hall–Kier alpha value is -1.65. The van der Waals surface area contributed by atoms with Crippen LogP contribution in [0.4, 0.5) is 5.69 Å². The van der Waals surface area contributed by atoms with E-state index in [4.69, 9.17) is 5.11 Å². The van der Waals surface area contributed by atoms with Gasteiger partial charge in [-0.15, -0.1) is 0 Å². The number of anilines is 1. The molecule has 2 rings (SSSR count).